The van der Waals surface area contributed by atoms with Gasteiger partial charge in [0.1, 0.15) is 23.3 Å². The molecule has 7 nitrogen and oxygen atoms in total. The fraction of sp³-hybridized carbons (Fsp3) is 0.391. The highest BCUT2D eigenvalue weighted by molar-refractivity contribution is 5.94. The SMILES string of the molecule is Cc1nc2cc(NC(=O)CN3CC[C@H](Oc4ccccc4)[C@@](C)(O)C3)ccc2n1C. The quantitative estimate of drug-likeness (QED) is 0.679. The number of carbonyl (C=O) groups is 1. The molecule has 1 aliphatic rings. The van der Waals surface area contributed by atoms with Crippen molar-refractivity contribution in [3.8, 4) is 5.75 Å². The van der Waals surface area contributed by atoms with E-state index >= 15 is 0 Å². The molecule has 7 heteroatoms. The summed E-state index contributed by atoms with van der Waals surface area (Å²) in [7, 11) is 1.97. The Morgan fingerprint density at radius 3 is 2.80 bits per heavy atom. The summed E-state index contributed by atoms with van der Waals surface area (Å²) in [5.41, 5.74) is 1.56. The lowest BCUT2D eigenvalue weighted by Crippen LogP contribution is -2.58. The molecule has 2 N–H and O–H groups in total. The van der Waals surface area contributed by atoms with E-state index in [4.69, 9.17) is 4.74 Å². The number of benzene rings is 2. The van der Waals surface area contributed by atoms with Gasteiger partial charge in [-0.25, -0.2) is 4.98 Å². The van der Waals surface area contributed by atoms with Crippen molar-refractivity contribution in [3.63, 3.8) is 0 Å². The highest BCUT2D eigenvalue weighted by Crippen LogP contribution is 2.26. The van der Waals surface area contributed by atoms with Gasteiger partial charge in [-0.3, -0.25) is 9.69 Å². The van der Waals surface area contributed by atoms with Gasteiger partial charge >= 0.3 is 0 Å². The van der Waals surface area contributed by atoms with Crippen molar-refractivity contribution in [2.24, 2.45) is 7.05 Å². The summed E-state index contributed by atoms with van der Waals surface area (Å²) in [6, 6.07) is 15.3. The van der Waals surface area contributed by atoms with Gasteiger partial charge in [0, 0.05) is 25.8 Å². The summed E-state index contributed by atoms with van der Waals surface area (Å²) < 4.78 is 8.00. The van der Waals surface area contributed by atoms with Gasteiger partial charge in [-0.15, -0.1) is 0 Å². The number of amides is 1. The van der Waals surface area contributed by atoms with Gasteiger partial charge in [-0.1, -0.05) is 18.2 Å². The van der Waals surface area contributed by atoms with E-state index in [0.29, 0.717) is 19.5 Å². The van der Waals surface area contributed by atoms with Crippen molar-refractivity contribution in [1.82, 2.24) is 14.5 Å². The number of carbonyl (C=O) groups excluding carboxylic acids is 1. The lowest BCUT2D eigenvalue weighted by atomic mass is 9.91. The van der Waals surface area contributed by atoms with Gasteiger partial charge in [-0.05, 0) is 50.6 Å². The van der Waals surface area contributed by atoms with E-state index in [1.807, 2.05) is 72.0 Å². The van der Waals surface area contributed by atoms with Crippen LogP contribution >= 0.6 is 0 Å². The second-order valence-corrected chi connectivity index (χ2v) is 8.25. The largest absolute Gasteiger partial charge is 0.487 e. The molecule has 0 spiro atoms. The van der Waals surface area contributed by atoms with Crippen molar-refractivity contribution in [2.45, 2.75) is 32.0 Å². The lowest BCUT2D eigenvalue weighted by molar-refractivity contribution is -0.123. The van der Waals surface area contributed by atoms with Crippen LogP contribution in [-0.2, 0) is 11.8 Å². The van der Waals surface area contributed by atoms with Crippen LogP contribution in [0.5, 0.6) is 5.75 Å². The van der Waals surface area contributed by atoms with Crippen LogP contribution in [0.25, 0.3) is 11.0 Å². The number of rotatable bonds is 5. The Labute approximate surface area is 176 Å². The Morgan fingerprint density at radius 1 is 1.30 bits per heavy atom. The molecule has 2 atom stereocenters. The molecule has 4 rings (SSSR count). The van der Waals surface area contributed by atoms with E-state index in [0.717, 1.165) is 28.3 Å². The number of aryl methyl sites for hydroxylation is 2. The summed E-state index contributed by atoms with van der Waals surface area (Å²) >= 11 is 0. The van der Waals surface area contributed by atoms with Crippen molar-refractivity contribution in [1.29, 1.82) is 0 Å². The van der Waals surface area contributed by atoms with Crippen molar-refractivity contribution in [2.75, 3.05) is 25.0 Å². The molecule has 30 heavy (non-hydrogen) atoms. The summed E-state index contributed by atoms with van der Waals surface area (Å²) in [6.07, 6.45) is 0.336. The second kappa shape index (κ2) is 8.08. The number of aliphatic hydroxyl groups is 1. The smallest absolute Gasteiger partial charge is 0.238 e. The van der Waals surface area contributed by atoms with E-state index < -0.39 is 5.60 Å². The van der Waals surface area contributed by atoms with Crippen LogP contribution in [0.1, 0.15) is 19.2 Å². The van der Waals surface area contributed by atoms with Crippen molar-refractivity contribution in [3.05, 3.63) is 54.4 Å². The Bertz CT molecular complexity index is 1050. The maximum Gasteiger partial charge on any atom is 0.238 e. The van der Waals surface area contributed by atoms with Gasteiger partial charge in [0.15, 0.2) is 0 Å². The summed E-state index contributed by atoms with van der Waals surface area (Å²) in [4.78, 5) is 19.1. The third-order valence-corrected chi connectivity index (χ3v) is 5.72. The minimum Gasteiger partial charge on any atom is -0.487 e. The Kier molecular flexibility index (Phi) is 5.49. The number of hydrogen-bond donors (Lipinski definition) is 2. The molecule has 1 fully saturated rings. The highest BCUT2D eigenvalue weighted by Gasteiger charge is 2.40. The molecular formula is C23H28N4O3. The van der Waals surface area contributed by atoms with Gasteiger partial charge in [0.05, 0.1) is 17.6 Å². The molecule has 0 saturated carbocycles. The minimum atomic E-state index is -1.04. The average Bonchev–Trinajstić information content (AvgIpc) is 2.97. The van der Waals surface area contributed by atoms with Gasteiger partial charge in [0.25, 0.3) is 0 Å². The number of fused-ring (bicyclic) bond motifs is 1. The van der Waals surface area contributed by atoms with E-state index in [1.54, 1.807) is 6.92 Å². The topological polar surface area (TPSA) is 79.6 Å². The molecule has 0 aliphatic carbocycles. The molecule has 0 bridgehead atoms. The standard InChI is InChI=1S/C23H28N4O3/c1-16-24-19-13-17(9-10-20(19)26(16)3)25-22(28)14-27-12-11-21(23(2,29)15-27)30-18-7-5-4-6-8-18/h4-10,13,21,29H,11-12,14-15H2,1-3H3,(H,25,28)/t21-,23-/m0/s1. The number of nitrogens with zero attached hydrogens (tertiary/aromatic N) is 3. The number of piperidine rings is 1. The number of hydrogen-bond acceptors (Lipinski definition) is 5. The zero-order valence-electron chi connectivity index (χ0n) is 17.6. The number of anilines is 1. The summed E-state index contributed by atoms with van der Waals surface area (Å²) in [6.45, 7) is 4.99. The molecule has 1 saturated heterocycles. The number of aromatic nitrogens is 2. The van der Waals surface area contributed by atoms with Crippen molar-refractivity contribution < 1.29 is 14.6 Å². The number of para-hydroxylation sites is 1. The normalized spacial score (nSPS) is 22.2. The Morgan fingerprint density at radius 2 is 2.07 bits per heavy atom. The Hall–Kier alpha value is -2.90. The third-order valence-electron chi connectivity index (χ3n) is 5.72. The monoisotopic (exact) mass is 408 g/mol. The second-order valence-electron chi connectivity index (χ2n) is 8.25. The fourth-order valence-electron chi connectivity index (χ4n) is 4.03. The summed E-state index contributed by atoms with van der Waals surface area (Å²) in [5, 5.41) is 13.9. The van der Waals surface area contributed by atoms with Crippen LogP contribution in [0.2, 0.25) is 0 Å². The number of β-amino-alcohol motifs (C(OH)–C–C–N with tert-alkyl or cyclic N) is 1. The fourth-order valence-corrected chi connectivity index (χ4v) is 4.03. The van der Waals surface area contributed by atoms with Crippen LogP contribution < -0.4 is 10.1 Å². The van der Waals surface area contributed by atoms with Crippen LogP contribution in [0, 0.1) is 6.92 Å². The van der Waals surface area contributed by atoms with E-state index in [1.165, 1.54) is 0 Å². The molecule has 158 valence electrons. The first-order valence-corrected chi connectivity index (χ1v) is 10.2. The van der Waals surface area contributed by atoms with Crippen LogP contribution in [-0.4, -0.2) is 56.8 Å². The van der Waals surface area contributed by atoms with Crippen LogP contribution in [0.4, 0.5) is 5.69 Å². The first-order valence-electron chi connectivity index (χ1n) is 10.2. The van der Waals surface area contributed by atoms with Crippen LogP contribution in [0.15, 0.2) is 48.5 Å². The number of ether oxygens (including phenoxy) is 1. The highest BCUT2D eigenvalue weighted by atomic mass is 16.5. The number of nitrogens with one attached hydrogen (secondary N) is 1. The zero-order valence-corrected chi connectivity index (χ0v) is 17.6. The first kappa shape index (κ1) is 20.4. The van der Waals surface area contributed by atoms with Gasteiger partial charge in [-0.2, -0.15) is 0 Å². The Balaban J connectivity index is 1.35. The van der Waals surface area contributed by atoms with Gasteiger partial charge < -0.3 is 19.7 Å². The minimum absolute atomic E-state index is 0.111. The molecule has 1 amide bonds. The van der Waals surface area contributed by atoms with E-state index in [2.05, 4.69) is 10.3 Å². The summed E-state index contributed by atoms with van der Waals surface area (Å²) in [5.74, 6) is 1.56. The molecule has 2 aromatic carbocycles. The molecular weight excluding hydrogens is 380 g/mol. The van der Waals surface area contributed by atoms with E-state index in [9.17, 15) is 9.90 Å². The number of likely N-dealkylation sites (tertiary alicyclic amines) is 1. The third kappa shape index (κ3) is 4.32. The zero-order chi connectivity index (χ0) is 21.3. The molecule has 0 unspecified atom stereocenters. The maximum atomic E-state index is 12.6. The maximum absolute atomic E-state index is 12.6. The number of imidazole rings is 1. The van der Waals surface area contributed by atoms with E-state index in [-0.39, 0.29) is 18.6 Å². The first-order chi connectivity index (χ1) is 14.3. The van der Waals surface area contributed by atoms with Crippen molar-refractivity contribution >= 4 is 22.6 Å². The molecule has 1 aliphatic heterocycles. The lowest BCUT2D eigenvalue weighted by Gasteiger charge is -2.42. The van der Waals surface area contributed by atoms with Gasteiger partial charge in [0.2, 0.25) is 5.91 Å². The van der Waals surface area contributed by atoms with Crippen LogP contribution in [0.3, 0.4) is 0 Å². The average molecular weight is 409 g/mol. The molecule has 1 aromatic heterocycles. The predicted octanol–water partition coefficient (Wildman–Crippen LogP) is 2.72. The molecule has 3 aromatic rings. The molecule has 0 radical (unpaired) electrons. The molecule has 2 heterocycles. The predicted molar refractivity (Wildman–Crippen MR) is 117 cm³/mol.